The summed E-state index contributed by atoms with van der Waals surface area (Å²) in [5.41, 5.74) is 2.27. The second kappa shape index (κ2) is 8.87. The third-order valence-corrected chi connectivity index (χ3v) is 4.75. The van der Waals surface area contributed by atoms with Gasteiger partial charge < -0.3 is 10.2 Å². The molecule has 0 heterocycles. The molecule has 1 aliphatic carbocycles. The van der Waals surface area contributed by atoms with E-state index in [2.05, 4.69) is 48.3 Å². The third kappa shape index (κ3) is 7.33. The van der Waals surface area contributed by atoms with E-state index in [0.717, 1.165) is 19.4 Å². The number of hydrogen-bond donors (Lipinski definition) is 1. The lowest BCUT2D eigenvalue weighted by Gasteiger charge is -2.26. The van der Waals surface area contributed by atoms with Gasteiger partial charge in [0.15, 0.2) is 0 Å². The standard InChI is InChI=1S/C22H35N3O2/c1-16(2)18-9-7-17(8-10-18)13-25(19-11-12-19)15-21(27)24(6)14-20(26)23-22(3,4)5/h7-10,16,19H,11-15H2,1-6H3,(H,23,26). The Morgan fingerprint density at radius 1 is 1.11 bits per heavy atom. The van der Waals surface area contributed by atoms with Gasteiger partial charge in [-0.05, 0) is 50.7 Å². The molecule has 0 aromatic heterocycles. The lowest BCUT2D eigenvalue weighted by Crippen LogP contribution is -2.48. The van der Waals surface area contributed by atoms with Crippen molar-refractivity contribution in [2.75, 3.05) is 20.1 Å². The largest absolute Gasteiger partial charge is 0.350 e. The lowest BCUT2D eigenvalue weighted by atomic mass is 10.0. The van der Waals surface area contributed by atoms with Gasteiger partial charge >= 0.3 is 0 Å². The van der Waals surface area contributed by atoms with Crippen molar-refractivity contribution in [3.63, 3.8) is 0 Å². The highest BCUT2D eigenvalue weighted by Gasteiger charge is 2.31. The number of carbonyl (C=O) groups is 2. The fourth-order valence-corrected chi connectivity index (χ4v) is 3.05. The van der Waals surface area contributed by atoms with Gasteiger partial charge in [-0.3, -0.25) is 14.5 Å². The zero-order valence-corrected chi connectivity index (χ0v) is 17.7. The smallest absolute Gasteiger partial charge is 0.240 e. The van der Waals surface area contributed by atoms with E-state index in [4.69, 9.17) is 0 Å². The summed E-state index contributed by atoms with van der Waals surface area (Å²) in [5.74, 6) is 0.387. The number of likely N-dealkylation sites (N-methyl/N-ethyl adjacent to an activating group) is 1. The Morgan fingerprint density at radius 3 is 2.19 bits per heavy atom. The molecule has 0 radical (unpaired) electrons. The first-order valence-electron chi connectivity index (χ1n) is 9.93. The lowest BCUT2D eigenvalue weighted by molar-refractivity contribution is -0.136. The molecule has 27 heavy (non-hydrogen) atoms. The molecule has 1 aliphatic rings. The van der Waals surface area contributed by atoms with E-state index in [1.54, 1.807) is 7.05 Å². The average Bonchev–Trinajstić information content (AvgIpc) is 3.37. The zero-order chi connectivity index (χ0) is 20.2. The highest BCUT2D eigenvalue weighted by molar-refractivity contribution is 5.85. The molecule has 1 N–H and O–H groups in total. The van der Waals surface area contributed by atoms with E-state index in [1.165, 1.54) is 16.0 Å². The van der Waals surface area contributed by atoms with E-state index in [0.29, 0.717) is 18.5 Å². The minimum atomic E-state index is -0.289. The maximum absolute atomic E-state index is 12.6. The molecular formula is C22H35N3O2. The predicted molar refractivity (Wildman–Crippen MR) is 109 cm³/mol. The zero-order valence-electron chi connectivity index (χ0n) is 17.7. The molecule has 0 aliphatic heterocycles. The van der Waals surface area contributed by atoms with Crippen LogP contribution in [0.5, 0.6) is 0 Å². The number of hydrogen-bond acceptors (Lipinski definition) is 3. The van der Waals surface area contributed by atoms with Gasteiger partial charge in [0.2, 0.25) is 11.8 Å². The van der Waals surface area contributed by atoms with Crippen LogP contribution in [0.3, 0.4) is 0 Å². The quantitative estimate of drug-likeness (QED) is 0.762. The molecule has 150 valence electrons. The van der Waals surface area contributed by atoms with Crippen molar-refractivity contribution in [2.24, 2.45) is 0 Å². The molecule has 0 spiro atoms. The molecule has 0 unspecified atom stereocenters. The number of benzene rings is 1. The monoisotopic (exact) mass is 373 g/mol. The number of nitrogens with one attached hydrogen (secondary N) is 1. The normalized spacial score (nSPS) is 14.5. The molecule has 2 rings (SSSR count). The minimum absolute atomic E-state index is 0.00948. The minimum Gasteiger partial charge on any atom is -0.350 e. The average molecular weight is 374 g/mol. The second-order valence-corrected chi connectivity index (χ2v) is 9.08. The van der Waals surface area contributed by atoms with Crippen LogP contribution in [-0.2, 0) is 16.1 Å². The van der Waals surface area contributed by atoms with Gasteiger partial charge in [-0.1, -0.05) is 38.1 Å². The van der Waals surface area contributed by atoms with E-state index in [9.17, 15) is 9.59 Å². The van der Waals surface area contributed by atoms with Crippen molar-refractivity contribution in [1.29, 1.82) is 0 Å². The fourth-order valence-electron chi connectivity index (χ4n) is 3.05. The van der Waals surface area contributed by atoms with Crippen LogP contribution in [-0.4, -0.2) is 53.3 Å². The predicted octanol–water partition coefficient (Wildman–Crippen LogP) is 3.15. The van der Waals surface area contributed by atoms with Crippen LogP contribution < -0.4 is 5.32 Å². The highest BCUT2D eigenvalue weighted by Crippen LogP contribution is 2.28. The number of amides is 2. The van der Waals surface area contributed by atoms with Gasteiger partial charge in [-0.25, -0.2) is 0 Å². The molecule has 5 nitrogen and oxygen atoms in total. The molecule has 1 fully saturated rings. The van der Waals surface area contributed by atoms with Crippen molar-refractivity contribution in [2.45, 2.75) is 71.5 Å². The summed E-state index contributed by atoms with van der Waals surface area (Å²) in [5, 5.41) is 2.90. The molecule has 5 heteroatoms. The molecule has 1 saturated carbocycles. The first-order valence-corrected chi connectivity index (χ1v) is 9.93. The Balaban J connectivity index is 1.91. The molecular weight excluding hydrogens is 338 g/mol. The summed E-state index contributed by atoms with van der Waals surface area (Å²) in [7, 11) is 1.70. The second-order valence-electron chi connectivity index (χ2n) is 9.08. The van der Waals surface area contributed by atoms with Crippen LogP contribution in [0.1, 0.15) is 64.5 Å². The van der Waals surface area contributed by atoms with Gasteiger partial charge in [-0.15, -0.1) is 0 Å². The number of rotatable bonds is 8. The first kappa shape index (κ1) is 21.4. The topological polar surface area (TPSA) is 52.7 Å². The van der Waals surface area contributed by atoms with Crippen molar-refractivity contribution in [1.82, 2.24) is 15.1 Å². The Hall–Kier alpha value is -1.88. The molecule has 0 bridgehead atoms. The van der Waals surface area contributed by atoms with E-state index >= 15 is 0 Å². The van der Waals surface area contributed by atoms with Gasteiger partial charge in [0.1, 0.15) is 0 Å². The molecule has 0 saturated heterocycles. The molecule has 0 atom stereocenters. The summed E-state index contributed by atoms with van der Waals surface area (Å²) in [6.07, 6.45) is 2.29. The van der Waals surface area contributed by atoms with Gasteiger partial charge in [0.25, 0.3) is 0 Å². The van der Waals surface area contributed by atoms with Crippen LogP contribution in [0, 0.1) is 0 Å². The van der Waals surface area contributed by atoms with Crippen molar-refractivity contribution >= 4 is 11.8 Å². The Morgan fingerprint density at radius 2 is 1.70 bits per heavy atom. The van der Waals surface area contributed by atoms with Crippen LogP contribution in [0.25, 0.3) is 0 Å². The maximum atomic E-state index is 12.6. The number of carbonyl (C=O) groups excluding carboxylic acids is 2. The maximum Gasteiger partial charge on any atom is 0.240 e. The molecule has 1 aromatic carbocycles. The van der Waals surface area contributed by atoms with Crippen LogP contribution in [0.4, 0.5) is 0 Å². The van der Waals surface area contributed by atoms with E-state index in [1.807, 2.05) is 20.8 Å². The fraction of sp³-hybridized carbons (Fsp3) is 0.636. The Kier molecular flexibility index (Phi) is 7.04. The van der Waals surface area contributed by atoms with Crippen LogP contribution in [0.15, 0.2) is 24.3 Å². The van der Waals surface area contributed by atoms with Crippen molar-refractivity contribution < 1.29 is 9.59 Å². The van der Waals surface area contributed by atoms with Crippen LogP contribution in [0.2, 0.25) is 0 Å². The summed E-state index contributed by atoms with van der Waals surface area (Å²) in [6, 6.07) is 9.16. The molecule has 2 amide bonds. The van der Waals surface area contributed by atoms with Crippen molar-refractivity contribution in [3.8, 4) is 0 Å². The Labute approximate surface area is 164 Å². The van der Waals surface area contributed by atoms with Gasteiger partial charge in [0.05, 0.1) is 13.1 Å². The Bertz CT molecular complexity index is 643. The highest BCUT2D eigenvalue weighted by atomic mass is 16.2. The number of nitrogens with zero attached hydrogens (tertiary/aromatic N) is 2. The summed E-state index contributed by atoms with van der Waals surface area (Å²) >= 11 is 0. The third-order valence-electron chi connectivity index (χ3n) is 4.75. The first-order chi connectivity index (χ1) is 12.5. The van der Waals surface area contributed by atoms with Gasteiger partial charge in [0, 0.05) is 25.2 Å². The van der Waals surface area contributed by atoms with Gasteiger partial charge in [-0.2, -0.15) is 0 Å². The van der Waals surface area contributed by atoms with E-state index < -0.39 is 0 Å². The van der Waals surface area contributed by atoms with E-state index in [-0.39, 0.29) is 23.9 Å². The van der Waals surface area contributed by atoms with Crippen LogP contribution >= 0.6 is 0 Å². The summed E-state index contributed by atoms with van der Waals surface area (Å²) < 4.78 is 0. The molecule has 1 aromatic rings. The SMILES string of the molecule is CC(C)c1ccc(CN(CC(=O)N(C)CC(=O)NC(C)(C)C)C2CC2)cc1. The summed E-state index contributed by atoms with van der Waals surface area (Å²) in [6.45, 7) is 11.4. The van der Waals surface area contributed by atoms with Crippen molar-refractivity contribution in [3.05, 3.63) is 35.4 Å². The summed E-state index contributed by atoms with van der Waals surface area (Å²) in [4.78, 5) is 28.5.